The van der Waals surface area contributed by atoms with E-state index in [1.807, 2.05) is 6.92 Å². The Kier molecular flexibility index (Phi) is 9.72. The number of ether oxygens (including phenoxy) is 1. The molecule has 0 aromatic heterocycles. The molecule has 0 aromatic carbocycles. The van der Waals surface area contributed by atoms with Gasteiger partial charge in [0.15, 0.2) is 0 Å². The summed E-state index contributed by atoms with van der Waals surface area (Å²) in [7, 11) is -3.22. The Balaban J connectivity index is 3.70. The van der Waals surface area contributed by atoms with E-state index in [1.165, 1.54) is 0 Å². The van der Waals surface area contributed by atoms with Gasteiger partial charge >= 0.3 is 0 Å². The molecule has 0 aliphatic rings. The molecule has 0 fully saturated rings. The van der Waals surface area contributed by atoms with Gasteiger partial charge in [-0.1, -0.05) is 20.3 Å². The van der Waals surface area contributed by atoms with Crippen LogP contribution in [-0.2, 0) is 14.8 Å². The standard InChI is InChI=1S/C11H26N2O3S/c1-4-6-8-16-9-7-13-17(14,15)11(3)10-12-5-2/h11-13H,4-10H2,1-3H3. The molecule has 0 aliphatic carbocycles. The molecule has 104 valence electrons. The molecule has 0 saturated heterocycles. The van der Waals surface area contributed by atoms with Crippen LogP contribution in [0.15, 0.2) is 0 Å². The van der Waals surface area contributed by atoms with E-state index in [4.69, 9.17) is 4.74 Å². The molecule has 1 atom stereocenters. The summed E-state index contributed by atoms with van der Waals surface area (Å²) in [6, 6.07) is 0. The van der Waals surface area contributed by atoms with Crippen LogP contribution in [-0.4, -0.2) is 46.5 Å². The monoisotopic (exact) mass is 266 g/mol. The van der Waals surface area contributed by atoms with Crippen LogP contribution in [0.4, 0.5) is 0 Å². The first-order chi connectivity index (χ1) is 8.04. The van der Waals surface area contributed by atoms with E-state index in [9.17, 15) is 8.42 Å². The lowest BCUT2D eigenvalue weighted by molar-refractivity contribution is 0.136. The van der Waals surface area contributed by atoms with E-state index < -0.39 is 15.3 Å². The quantitative estimate of drug-likeness (QED) is 0.541. The summed E-state index contributed by atoms with van der Waals surface area (Å²) in [5, 5.41) is 2.60. The van der Waals surface area contributed by atoms with Crippen molar-refractivity contribution in [3.05, 3.63) is 0 Å². The van der Waals surface area contributed by atoms with Crippen molar-refractivity contribution in [2.24, 2.45) is 0 Å². The number of hydrogen-bond acceptors (Lipinski definition) is 4. The van der Waals surface area contributed by atoms with Gasteiger partial charge in [0, 0.05) is 19.7 Å². The number of sulfonamides is 1. The Morgan fingerprint density at radius 2 is 1.94 bits per heavy atom. The van der Waals surface area contributed by atoms with Gasteiger partial charge in [0.25, 0.3) is 0 Å². The maximum Gasteiger partial charge on any atom is 0.215 e. The van der Waals surface area contributed by atoms with E-state index in [2.05, 4.69) is 17.0 Å². The Labute approximate surface area is 105 Å². The highest BCUT2D eigenvalue weighted by Gasteiger charge is 2.18. The van der Waals surface area contributed by atoms with Crippen molar-refractivity contribution in [3.63, 3.8) is 0 Å². The van der Waals surface area contributed by atoms with E-state index in [-0.39, 0.29) is 0 Å². The minimum absolute atomic E-state index is 0.350. The topological polar surface area (TPSA) is 67.4 Å². The number of rotatable bonds is 11. The summed E-state index contributed by atoms with van der Waals surface area (Å²) in [4.78, 5) is 0. The lowest BCUT2D eigenvalue weighted by Crippen LogP contribution is -2.40. The van der Waals surface area contributed by atoms with E-state index in [1.54, 1.807) is 6.92 Å². The minimum atomic E-state index is -3.22. The third-order valence-corrected chi connectivity index (χ3v) is 4.24. The van der Waals surface area contributed by atoms with E-state index in [0.29, 0.717) is 26.3 Å². The van der Waals surface area contributed by atoms with Crippen LogP contribution in [0.25, 0.3) is 0 Å². The second-order valence-corrected chi connectivity index (χ2v) is 6.21. The molecule has 5 nitrogen and oxygen atoms in total. The van der Waals surface area contributed by atoms with Crippen LogP contribution in [0.2, 0.25) is 0 Å². The fraction of sp³-hybridized carbons (Fsp3) is 1.00. The Morgan fingerprint density at radius 1 is 1.24 bits per heavy atom. The molecule has 2 N–H and O–H groups in total. The number of nitrogens with one attached hydrogen (secondary N) is 2. The molecule has 0 radical (unpaired) electrons. The van der Waals surface area contributed by atoms with Crippen LogP contribution in [0, 0.1) is 0 Å². The zero-order valence-corrected chi connectivity index (χ0v) is 12.0. The Morgan fingerprint density at radius 3 is 2.53 bits per heavy atom. The molecule has 0 bridgehead atoms. The van der Waals surface area contributed by atoms with Gasteiger partial charge in [0.05, 0.1) is 11.9 Å². The predicted octanol–water partition coefficient (Wildman–Crippen LogP) is 0.721. The second-order valence-electron chi connectivity index (χ2n) is 4.02. The van der Waals surface area contributed by atoms with Gasteiger partial charge in [0.2, 0.25) is 10.0 Å². The maximum absolute atomic E-state index is 11.7. The minimum Gasteiger partial charge on any atom is -0.380 e. The van der Waals surface area contributed by atoms with Gasteiger partial charge < -0.3 is 10.1 Å². The lowest BCUT2D eigenvalue weighted by Gasteiger charge is -2.14. The normalized spacial score (nSPS) is 13.8. The van der Waals surface area contributed by atoms with Crippen LogP contribution >= 0.6 is 0 Å². The van der Waals surface area contributed by atoms with Crippen molar-refractivity contribution in [2.75, 3.05) is 32.8 Å². The van der Waals surface area contributed by atoms with Crippen molar-refractivity contribution in [1.82, 2.24) is 10.0 Å². The summed E-state index contributed by atoms with van der Waals surface area (Å²) in [5.74, 6) is 0. The van der Waals surface area contributed by atoms with Crippen LogP contribution in [0.1, 0.15) is 33.6 Å². The highest BCUT2D eigenvalue weighted by Crippen LogP contribution is 1.96. The van der Waals surface area contributed by atoms with Crippen molar-refractivity contribution in [3.8, 4) is 0 Å². The van der Waals surface area contributed by atoms with E-state index in [0.717, 1.165) is 19.4 Å². The van der Waals surface area contributed by atoms with Crippen LogP contribution < -0.4 is 10.0 Å². The number of unbranched alkanes of at least 4 members (excludes halogenated alkanes) is 1. The van der Waals surface area contributed by atoms with Gasteiger partial charge in [-0.25, -0.2) is 13.1 Å². The average molecular weight is 266 g/mol. The van der Waals surface area contributed by atoms with Crippen molar-refractivity contribution in [2.45, 2.75) is 38.9 Å². The Hall–Kier alpha value is -0.170. The third kappa shape index (κ3) is 8.54. The highest BCUT2D eigenvalue weighted by atomic mass is 32.2. The first-order valence-corrected chi connectivity index (χ1v) is 7.86. The Bertz CT molecular complexity index is 268. The van der Waals surface area contributed by atoms with Crippen molar-refractivity contribution < 1.29 is 13.2 Å². The zero-order chi connectivity index (χ0) is 13.1. The van der Waals surface area contributed by atoms with Gasteiger partial charge in [-0.2, -0.15) is 0 Å². The largest absolute Gasteiger partial charge is 0.380 e. The summed E-state index contributed by atoms with van der Waals surface area (Å²) >= 11 is 0. The smallest absolute Gasteiger partial charge is 0.215 e. The number of hydrogen-bond donors (Lipinski definition) is 2. The summed E-state index contributed by atoms with van der Waals surface area (Å²) in [6.45, 7) is 8.48. The molecule has 0 rings (SSSR count). The second kappa shape index (κ2) is 9.82. The average Bonchev–Trinajstić information content (AvgIpc) is 2.30. The molecule has 0 spiro atoms. The molecule has 17 heavy (non-hydrogen) atoms. The van der Waals surface area contributed by atoms with Gasteiger partial charge in [0.1, 0.15) is 0 Å². The van der Waals surface area contributed by atoms with Gasteiger partial charge in [-0.05, 0) is 19.9 Å². The fourth-order valence-corrected chi connectivity index (χ4v) is 2.19. The molecule has 6 heteroatoms. The maximum atomic E-state index is 11.7. The van der Waals surface area contributed by atoms with Gasteiger partial charge in [-0.3, -0.25) is 0 Å². The molecule has 0 aliphatic heterocycles. The predicted molar refractivity (Wildman–Crippen MR) is 70.7 cm³/mol. The summed E-state index contributed by atoms with van der Waals surface area (Å²) < 4.78 is 31.3. The molecular weight excluding hydrogens is 240 g/mol. The third-order valence-electron chi connectivity index (χ3n) is 2.40. The van der Waals surface area contributed by atoms with Crippen LogP contribution in [0.5, 0.6) is 0 Å². The van der Waals surface area contributed by atoms with Gasteiger partial charge in [-0.15, -0.1) is 0 Å². The lowest BCUT2D eigenvalue weighted by atomic mass is 10.4. The summed E-state index contributed by atoms with van der Waals surface area (Å²) in [5.41, 5.74) is 0. The summed E-state index contributed by atoms with van der Waals surface area (Å²) in [6.07, 6.45) is 2.11. The molecule has 0 amide bonds. The molecule has 0 aromatic rings. The molecule has 0 saturated carbocycles. The molecule has 1 unspecified atom stereocenters. The van der Waals surface area contributed by atoms with E-state index >= 15 is 0 Å². The first kappa shape index (κ1) is 16.8. The van der Waals surface area contributed by atoms with Crippen molar-refractivity contribution in [1.29, 1.82) is 0 Å². The zero-order valence-electron chi connectivity index (χ0n) is 11.2. The van der Waals surface area contributed by atoms with Crippen molar-refractivity contribution >= 4 is 10.0 Å². The fourth-order valence-electron chi connectivity index (χ4n) is 1.20. The van der Waals surface area contributed by atoms with Crippen LogP contribution in [0.3, 0.4) is 0 Å². The molecule has 0 heterocycles. The molecular formula is C11H26N2O3S. The first-order valence-electron chi connectivity index (χ1n) is 6.31. The SMILES string of the molecule is CCCCOCCNS(=O)(=O)C(C)CNCC. The highest BCUT2D eigenvalue weighted by molar-refractivity contribution is 7.90.